The topological polar surface area (TPSA) is 87.7 Å². The Labute approximate surface area is 198 Å². The highest BCUT2D eigenvalue weighted by atomic mass is 16.5. The molecule has 1 heterocycles. The van der Waals surface area contributed by atoms with Crippen molar-refractivity contribution in [3.05, 3.63) is 95.7 Å². The zero-order valence-electron chi connectivity index (χ0n) is 19.0. The van der Waals surface area contributed by atoms with Gasteiger partial charge in [0.15, 0.2) is 0 Å². The molecule has 0 aliphatic carbocycles. The van der Waals surface area contributed by atoms with Gasteiger partial charge in [0.2, 0.25) is 5.91 Å². The van der Waals surface area contributed by atoms with E-state index in [-0.39, 0.29) is 30.0 Å². The van der Waals surface area contributed by atoms with E-state index in [0.29, 0.717) is 34.7 Å². The largest absolute Gasteiger partial charge is 0.497 e. The molecular weight excluding hydrogens is 430 g/mol. The maximum atomic E-state index is 13.4. The fraction of sp³-hybridized carbons (Fsp3) is 0.148. The molecule has 1 aliphatic heterocycles. The van der Waals surface area contributed by atoms with Gasteiger partial charge in [0.25, 0.3) is 11.8 Å². The number of ether oxygens (including phenoxy) is 1. The van der Waals surface area contributed by atoms with Gasteiger partial charge < -0.3 is 15.4 Å². The number of imide groups is 1. The van der Waals surface area contributed by atoms with Crippen LogP contribution in [0.3, 0.4) is 0 Å². The van der Waals surface area contributed by atoms with Crippen LogP contribution < -0.4 is 15.4 Å². The molecule has 7 nitrogen and oxygen atoms in total. The highest BCUT2D eigenvalue weighted by molar-refractivity contribution is 6.36. The summed E-state index contributed by atoms with van der Waals surface area (Å²) in [7, 11) is 1.58. The fourth-order valence-electron chi connectivity index (χ4n) is 3.79. The predicted octanol–water partition coefficient (Wildman–Crippen LogP) is 4.09. The summed E-state index contributed by atoms with van der Waals surface area (Å²) in [6.45, 7) is 1.69. The van der Waals surface area contributed by atoms with Gasteiger partial charge >= 0.3 is 0 Å². The molecule has 172 valence electrons. The molecule has 2 N–H and O–H groups in total. The Morgan fingerprint density at radius 1 is 0.853 bits per heavy atom. The van der Waals surface area contributed by atoms with Crippen molar-refractivity contribution in [3.63, 3.8) is 0 Å². The number of amides is 3. The lowest BCUT2D eigenvalue weighted by molar-refractivity contribution is -0.136. The Balaban J connectivity index is 1.65. The van der Waals surface area contributed by atoms with E-state index in [1.165, 1.54) is 11.8 Å². The minimum atomic E-state index is -0.377. The summed E-state index contributed by atoms with van der Waals surface area (Å²) < 4.78 is 5.20. The first-order chi connectivity index (χ1) is 16.5. The first kappa shape index (κ1) is 22.8. The number of methoxy groups -OCH3 is 1. The SMILES string of the molecule is COc1ccc(NC2=C(c3ccc(NC(C)=O)cc3)C(=O)N(CCc3ccccc3)C2=O)cc1. The van der Waals surface area contributed by atoms with E-state index in [1.54, 1.807) is 55.6 Å². The third kappa shape index (κ3) is 4.99. The molecule has 4 rings (SSSR count). The Morgan fingerprint density at radius 2 is 1.50 bits per heavy atom. The number of nitrogens with zero attached hydrogens (tertiary/aromatic N) is 1. The molecule has 0 aromatic heterocycles. The van der Waals surface area contributed by atoms with Crippen LogP contribution in [0.1, 0.15) is 18.1 Å². The van der Waals surface area contributed by atoms with Gasteiger partial charge in [-0.25, -0.2) is 0 Å². The number of carbonyl (C=O) groups excluding carboxylic acids is 3. The zero-order valence-corrected chi connectivity index (χ0v) is 19.0. The van der Waals surface area contributed by atoms with Crippen molar-refractivity contribution in [2.45, 2.75) is 13.3 Å². The van der Waals surface area contributed by atoms with E-state index in [2.05, 4.69) is 10.6 Å². The summed E-state index contributed by atoms with van der Waals surface area (Å²) in [5.74, 6) is -0.235. The van der Waals surface area contributed by atoms with Crippen molar-refractivity contribution in [1.29, 1.82) is 0 Å². The van der Waals surface area contributed by atoms with Crippen LogP contribution in [-0.2, 0) is 20.8 Å². The Morgan fingerprint density at radius 3 is 2.12 bits per heavy atom. The van der Waals surface area contributed by atoms with E-state index in [1.807, 2.05) is 30.3 Å². The Bertz CT molecular complexity index is 1230. The van der Waals surface area contributed by atoms with Crippen molar-refractivity contribution in [3.8, 4) is 5.75 Å². The standard InChI is InChI=1S/C27H25N3O4/c1-18(31)28-21-10-8-20(9-11-21)24-25(29-22-12-14-23(34-2)15-13-22)27(33)30(26(24)32)17-16-19-6-4-3-5-7-19/h3-15,29H,16-17H2,1-2H3,(H,28,31). The predicted molar refractivity (Wildman–Crippen MR) is 131 cm³/mol. The van der Waals surface area contributed by atoms with Crippen LogP contribution in [0.5, 0.6) is 5.75 Å². The van der Waals surface area contributed by atoms with Crippen LogP contribution in [0.25, 0.3) is 5.57 Å². The molecule has 0 fully saturated rings. The lowest BCUT2D eigenvalue weighted by Crippen LogP contribution is -2.34. The van der Waals surface area contributed by atoms with Crippen LogP contribution in [-0.4, -0.2) is 36.3 Å². The van der Waals surface area contributed by atoms with E-state index >= 15 is 0 Å². The molecule has 1 aliphatic rings. The molecule has 0 radical (unpaired) electrons. The normalized spacial score (nSPS) is 13.3. The van der Waals surface area contributed by atoms with Gasteiger partial charge in [0.1, 0.15) is 11.4 Å². The lowest BCUT2D eigenvalue weighted by atomic mass is 10.0. The summed E-state index contributed by atoms with van der Waals surface area (Å²) in [4.78, 5) is 39.4. The monoisotopic (exact) mass is 455 g/mol. The zero-order chi connectivity index (χ0) is 24.1. The van der Waals surface area contributed by atoms with E-state index in [4.69, 9.17) is 4.74 Å². The number of hydrogen-bond donors (Lipinski definition) is 2. The Kier molecular flexibility index (Phi) is 6.73. The van der Waals surface area contributed by atoms with Crippen molar-refractivity contribution in [1.82, 2.24) is 4.90 Å². The lowest BCUT2D eigenvalue weighted by Gasteiger charge is -2.15. The summed E-state index contributed by atoms with van der Waals surface area (Å²) in [6.07, 6.45) is 0.558. The van der Waals surface area contributed by atoms with Crippen molar-refractivity contribution in [2.24, 2.45) is 0 Å². The summed E-state index contributed by atoms with van der Waals surface area (Å²) >= 11 is 0. The van der Waals surface area contributed by atoms with Gasteiger partial charge in [-0.1, -0.05) is 42.5 Å². The molecule has 0 unspecified atom stereocenters. The quantitative estimate of drug-likeness (QED) is 0.500. The number of hydrogen-bond acceptors (Lipinski definition) is 5. The minimum Gasteiger partial charge on any atom is -0.497 e. The molecule has 3 amide bonds. The molecule has 7 heteroatoms. The van der Waals surface area contributed by atoms with Crippen LogP contribution in [0.15, 0.2) is 84.6 Å². The second kappa shape index (κ2) is 10.0. The van der Waals surface area contributed by atoms with Crippen LogP contribution in [0, 0.1) is 0 Å². The molecular formula is C27H25N3O4. The molecule has 0 bridgehead atoms. The maximum Gasteiger partial charge on any atom is 0.278 e. The average molecular weight is 456 g/mol. The molecule has 0 spiro atoms. The van der Waals surface area contributed by atoms with Crippen LogP contribution >= 0.6 is 0 Å². The minimum absolute atomic E-state index is 0.187. The summed E-state index contributed by atoms with van der Waals surface area (Å²) in [5.41, 5.74) is 3.42. The first-order valence-electron chi connectivity index (χ1n) is 10.9. The first-order valence-corrected chi connectivity index (χ1v) is 10.9. The van der Waals surface area contributed by atoms with Crippen molar-refractivity contribution in [2.75, 3.05) is 24.3 Å². The number of carbonyl (C=O) groups is 3. The van der Waals surface area contributed by atoms with E-state index in [0.717, 1.165) is 5.56 Å². The fourth-order valence-corrected chi connectivity index (χ4v) is 3.79. The summed E-state index contributed by atoms with van der Waals surface area (Å²) in [5, 5.41) is 5.85. The van der Waals surface area contributed by atoms with E-state index in [9.17, 15) is 14.4 Å². The molecule has 0 saturated carbocycles. The van der Waals surface area contributed by atoms with Gasteiger partial charge in [0.05, 0.1) is 12.7 Å². The number of benzene rings is 3. The Hall–Kier alpha value is -4.39. The second-order valence-electron chi connectivity index (χ2n) is 7.86. The highest BCUT2D eigenvalue weighted by Crippen LogP contribution is 2.31. The third-order valence-electron chi connectivity index (χ3n) is 5.49. The maximum absolute atomic E-state index is 13.4. The van der Waals surface area contributed by atoms with Crippen molar-refractivity contribution < 1.29 is 19.1 Å². The molecule has 3 aromatic rings. The number of nitrogens with one attached hydrogen (secondary N) is 2. The van der Waals surface area contributed by atoms with Crippen LogP contribution in [0.4, 0.5) is 11.4 Å². The molecule has 0 atom stereocenters. The highest BCUT2D eigenvalue weighted by Gasteiger charge is 2.38. The van der Waals surface area contributed by atoms with Crippen LogP contribution in [0.2, 0.25) is 0 Å². The van der Waals surface area contributed by atoms with Gasteiger partial charge in [-0.05, 0) is 53.9 Å². The van der Waals surface area contributed by atoms with Gasteiger partial charge in [0, 0.05) is 24.8 Å². The van der Waals surface area contributed by atoms with Gasteiger partial charge in [-0.15, -0.1) is 0 Å². The second-order valence-corrected chi connectivity index (χ2v) is 7.86. The average Bonchev–Trinajstić information content (AvgIpc) is 3.08. The third-order valence-corrected chi connectivity index (χ3v) is 5.49. The van der Waals surface area contributed by atoms with Gasteiger partial charge in [-0.2, -0.15) is 0 Å². The number of rotatable bonds is 8. The van der Waals surface area contributed by atoms with E-state index < -0.39 is 0 Å². The summed E-state index contributed by atoms with van der Waals surface area (Å²) in [6, 6.07) is 23.7. The molecule has 0 saturated heterocycles. The number of anilines is 2. The van der Waals surface area contributed by atoms with Crippen molar-refractivity contribution >= 4 is 34.7 Å². The molecule has 34 heavy (non-hydrogen) atoms. The smallest absolute Gasteiger partial charge is 0.278 e. The van der Waals surface area contributed by atoms with Gasteiger partial charge in [-0.3, -0.25) is 19.3 Å². The molecule has 3 aromatic carbocycles.